The van der Waals surface area contributed by atoms with Crippen LogP contribution in [0.5, 0.6) is 11.5 Å². The Morgan fingerprint density at radius 2 is 1.82 bits per heavy atom. The van der Waals surface area contributed by atoms with Gasteiger partial charge in [0.2, 0.25) is 0 Å². The highest BCUT2D eigenvalue weighted by atomic mass is 35.5. The largest absolute Gasteiger partial charge is 0.455 e. The van der Waals surface area contributed by atoms with Gasteiger partial charge in [-0.15, -0.1) is 0 Å². The summed E-state index contributed by atoms with van der Waals surface area (Å²) in [5.74, 6) is 1.51. The normalized spacial score (nSPS) is 12.2. The summed E-state index contributed by atoms with van der Waals surface area (Å²) in [5, 5.41) is 3.60. The van der Waals surface area contributed by atoms with Crippen LogP contribution in [0.25, 0.3) is 0 Å². The lowest BCUT2D eigenvalue weighted by molar-refractivity contribution is 0.0951. The van der Waals surface area contributed by atoms with Gasteiger partial charge in [0.15, 0.2) is 5.75 Å². The van der Waals surface area contributed by atoms with Gasteiger partial charge >= 0.3 is 0 Å². The van der Waals surface area contributed by atoms with Crippen molar-refractivity contribution in [2.24, 2.45) is 0 Å². The predicted octanol–water partition coefficient (Wildman–Crippen LogP) is 5.98. The number of amides is 1. The van der Waals surface area contributed by atoms with E-state index in [9.17, 15) is 4.79 Å². The second-order valence-corrected chi connectivity index (χ2v) is 8.36. The first-order valence-corrected chi connectivity index (χ1v) is 11.1. The first-order chi connectivity index (χ1) is 16.2. The molecule has 33 heavy (non-hydrogen) atoms. The SMILES string of the molecule is O=C(NCc1cccnc1)c1ccc(CN2Cc3ccccc3Oc3ccc(Cl)cc32)cc1. The van der Waals surface area contributed by atoms with Crippen molar-refractivity contribution in [3.8, 4) is 11.5 Å². The Labute approximate surface area is 197 Å². The molecule has 2 heterocycles. The number of rotatable bonds is 5. The number of carbonyl (C=O) groups is 1. The molecule has 0 fully saturated rings. The molecule has 0 saturated carbocycles. The van der Waals surface area contributed by atoms with Crippen molar-refractivity contribution < 1.29 is 9.53 Å². The number of anilines is 1. The number of nitrogens with zero attached hydrogens (tertiary/aromatic N) is 2. The van der Waals surface area contributed by atoms with Gasteiger partial charge in [-0.25, -0.2) is 0 Å². The summed E-state index contributed by atoms with van der Waals surface area (Å²) in [5.41, 5.74) is 4.72. The van der Waals surface area contributed by atoms with Gasteiger partial charge in [-0.2, -0.15) is 0 Å². The Morgan fingerprint density at radius 3 is 2.64 bits per heavy atom. The minimum atomic E-state index is -0.111. The quantitative estimate of drug-likeness (QED) is 0.402. The molecule has 0 bridgehead atoms. The summed E-state index contributed by atoms with van der Waals surface area (Å²) >= 11 is 6.31. The first kappa shape index (κ1) is 21.0. The number of aromatic nitrogens is 1. The fourth-order valence-corrected chi connectivity index (χ4v) is 4.04. The minimum absolute atomic E-state index is 0.111. The van der Waals surface area contributed by atoms with Gasteiger partial charge in [0, 0.05) is 48.2 Å². The van der Waals surface area contributed by atoms with Gasteiger partial charge in [-0.3, -0.25) is 9.78 Å². The maximum absolute atomic E-state index is 12.5. The van der Waals surface area contributed by atoms with E-state index in [1.807, 2.05) is 72.8 Å². The fourth-order valence-electron chi connectivity index (χ4n) is 3.88. The Bertz CT molecular complexity index is 1280. The third kappa shape index (κ3) is 4.83. The van der Waals surface area contributed by atoms with Crippen LogP contribution in [0, 0.1) is 0 Å². The van der Waals surface area contributed by atoms with Crippen molar-refractivity contribution in [1.29, 1.82) is 0 Å². The van der Waals surface area contributed by atoms with Crippen LogP contribution >= 0.6 is 11.6 Å². The van der Waals surface area contributed by atoms with E-state index in [0.29, 0.717) is 30.2 Å². The zero-order valence-corrected chi connectivity index (χ0v) is 18.6. The zero-order chi connectivity index (χ0) is 22.6. The van der Waals surface area contributed by atoms with Gasteiger partial charge in [0.25, 0.3) is 5.91 Å². The third-order valence-electron chi connectivity index (χ3n) is 5.58. The van der Waals surface area contributed by atoms with Crippen molar-refractivity contribution in [3.63, 3.8) is 0 Å². The van der Waals surface area contributed by atoms with Gasteiger partial charge in [0.1, 0.15) is 5.75 Å². The molecule has 0 spiro atoms. The molecule has 1 amide bonds. The van der Waals surface area contributed by atoms with Crippen molar-refractivity contribution in [2.75, 3.05) is 4.90 Å². The highest BCUT2D eigenvalue weighted by molar-refractivity contribution is 6.31. The number of hydrogen-bond donors (Lipinski definition) is 1. The molecule has 0 aliphatic carbocycles. The van der Waals surface area contributed by atoms with Crippen LogP contribution in [0.15, 0.2) is 91.3 Å². The van der Waals surface area contributed by atoms with Gasteiger partial charge in [-0.05, 0) is 53.6 Å². The molecule has 0 saturated heterocycles. The molecule has 1 aromatic heterocycles. The van der Waals surface area contributed by atoms with Crippen LogP contribution in [0.2, 0.25) is 5.02 Å². The number of nitrogens with one attached hydrogen (secondary N) is 1. The van der Waals surface area contributed by atoms with Crippen LogP contribution in [0.3, 0.4) is 0 Å². The summed E-state index contributed by atoms with van der Waals surface area (Å²) in [7, 11) is 0. The summed E-state index contributed by atoms with van der Waals surface area (Å²) < 4.78 is 6.18. The summed E-state index contributed by atoms with van der Waals surface area (Å²) in [6.45, 7) is 1.79. The van der Waals surface area contributed by atoms with Gasteiger partial charge in [0.05, 0.1) is 5.69 Å². The molecule has 5 rings (SSSR count). The lowest BCUT2D eigenvalue weighted by Gasteiger charge is -2.24. The van der Waals surface area contributed by atoms with Gasteiger partial charge in [-0.1, -0.05) is 48.0 Å². The highest BCUT2D eigenvalue weighted by Crippen LogP contribution is 2.40. The Hall–Kier alpha value is -3.83. The summed E-state index contributed by atoms with van der Waals surface area (Å²) in [6.07, 6.45) is 3.46. The van der Waals surface area contributed by atoms with Crippen molar-refractivity contribution in [3.05, 3.63) is 119 Å². The van der Waals surface area contributed by atoms with E-state index >= 15 is 0 Å². The molecule has 1 aliphatic heterocycles. The minimum Gasteiger partial charge on any atom is -0.455 e. The maximum Gasteiger partial charge on any atom is 0.251 e. The highest BCUT2D eigenvalue weighted by Gasteiger charge is 2.21. The number of para-hydroxylation sites is 1. The average Bonchev–Trinajstić information content (AvgIpc) is 3.00. The lowest BCUT2D eigenvalue weighted by Crippen LogP contribution is -2.23. The van der Waals surface area contributed by atoms with E-state index in [0.717, 1.165) is 33.9 Å². The van der Waals surface area contributed by atoms with E-state index in [4.69, 9.17) is 16.3 Å². The van der Waals surface area contributed by atoms with Crippen molar-refractivity contribution >= 4 is 23.2 Å². The molecular weight excluding hydrogens is 434 g/mol. The number of hydrogen-bond acceptors (Lipinski definition) is 4. The summed E-state index contributed by atoms with van der Waals surface area (Å²) in [6, 6.07) is 25.2. The fraction of sp³-hybridized carbons (Fsp3) is 0.111. The van der Waals surface area contributed by atoms with Crippen LogP contribution in [-0.4, -0.2) is 10.9 Å². The summed E-state index contributed by atoms with van der Waals surface area (Å²) in [4.78, 5) is 18.8. The second-order valence-electron chi connectivity index (χ2n) is 7.92. The van der Waals surface area contributed by atoms with Crippen LogP contribution in [0.1, 0.15) is 27.0 Å². The van der Waals surface area contributed by atoms with Crippen LogP contribution in [-0.2, 0) is 19.6 Å². The zero-order valence-electron chi connectivity index (χ0n) is 17.9. The molecule has 164 valence electrons. The molecule has 0 unspecified atom stereocenters. The smallest absolute Gasteiger partial charge is 0.251 e. The Kier molecular flexibility index (Phi) is 5.96. The maximum atomic E-state index is 12.5. The molecule has 1 aliphatic rings. The molecule has 0 radical (unpaired) electrons. The van der Waals surface area contributed by atoms with E-state index in [2.05, 4.69) is 21.3 Å². The number of ether oxygens (including phenoxy) is 1. The van der Waals surface area contributed by atoms with E-state index in [1.54, 1.807) is 12.4 Å². The monoisotopic (exact) mass is 455 g/mol. The molecular formula is C27H22ClN3O2. The third-order valence-corrected chi connectivity index (χ3v) is 5.82. The van der Waals surface area contributed by atoms with Gasteiger partial charge < -0.3 is 15.0 Å². The molecule has 1 N–H and O–H groups in total. The first-order valence-electron chi connectivity index (χ1n) is 10.7. The molecule has 5 nitrogen and oxygen atoms in total. The average molecular weight is 456 g/mol. The number of fused-ring (bicyclic) bond motifs is 2. The predicted molar refractivity (Wildman–Crippen MR) is 130 cm³/mol. The van der Waals surface area contributed by atoms with Crippen molar-refractivity contribution in [2.45, 2.75) is 19.6 Å². The van der Waals surface area contributed by atoms with Crippen molar-refractivity contribution in [1.82, 2.24) is 10.3 Å². The molecule has 6 heteroatoms. The number of benzene rings is 3. The molecule has 3 aromatic carbocycles. The van der Waals surface area contributed by atoms with Crippen LogP contribution < -0.4 is 15.0 Å². The number of carbonyl (C=O) groups excluding carboxylic acids is 1. The van der Waals surface area contributed by atoms with Crippen LogP contribution in [0.4, 0.5) is 5.69 Å². The van der Waals surface area contributed by atoms with E-state index < -0.39 is 0 Å². The number of pyridine rings is 1. The standard InChI is InChI=1S/C27H22ClN3O2/c28-23-11-12-26-24(14-23)31(18-22-5-1-2-6-25(22)33-26)17-19-7-9-21(10-8-19)27(32)30-16-20-4-3-13-29-15-20/h1-15H,16-18H2,(H,30,32). The van der Waals surface area contributed by atoms with E-state index in [1.165, 1.54) is 0 Å². The number of halogens is 1. The Balaban J connectivity index is 1.33. The molecule has 0 atom stereocenters. The Morgan fingerprint density at radius 1 is 0.970 bits per heavy atom. The second kappa shape index (κ2) is 9.35. The van der Waals surface area contributed by atoms with E-state index in [-0.39, 0.29) is 5.91 Å². The topological polar surface area (TPSA) is 54.5 Å². The lowest BCUT2D eigenvalue weighted by atomic mass is 10.1. The molecule has 4 aromatic rings.